The van der Waals surface area contributed by atoms with Gasteiger partial charge in [-0.1, -0.05) is 23.7 Å². The van der Waals surface area contributed by atoms with Crippen LogP contribution in [0.1, 0.15) is 55.5 Å². The fourth-order valence-corrected chi connectivity index (χ4v) is 7.30. The number of aromatic nitrogens is 3. The van der Waals surface area contributed by atoms with Crippen LogP contribution >= 0.6 is 22.9 Å². The maximum atomic E-state index is 12.5. The Hall–Kier alpha value is -3.30. The molecule has 0 spiro atoms. The number of aliphatic carboxylic acids is 1. The lowest BCUT2D eigenvalue weighted by molar-refractivity contribution is -0.151. The van der Waals surface area contributed by atoms with Gasteiger partial charge >= 0.3 is 5.97 Å². The number of halogens is 1. The molecule has 2 fully saturated rings. The zero-order chi connectivity index (χ0) is 29.3. The van der Waals surface area contributed by atoms with Gasteiger partial charge in [-0.05, 0) is 81.1 Å². The Bertz CT molecular complexity index is 1830. The lowest BCUT2D eigenvalue weighted by atomic mass is 9.91. The van der Waals surface area contributed by atoms with Gasteiger partial charge in [0.25, 0.3) is 0 Å². The average molecular weight is 601 g/mol. The van der Waals surface area contributed by atoms with Crippen molar-refractivity contribution in [3.05, 3.63) is 70.4 Å². The standard InChI is InChI=1S/C33H33ClN4O3S/c1-17(2)38-15-21(16-38)29-24-14-20(7-12-26(24)37(4)36-29)32-35-25-13-18(3)27(30(33(39)40)41-23-10-11-23)28(31(25)42-32)19-5-8-22(34)9-6-19/h5-9,12-14,17,21,23,30H,10-11,15-16H2,1-4H3,(H,39,40)/t30-/m0/s1. The second-order valence-corrected chi connectivity index (χ2v) is 13.3. The Morgan fingerprint density at radius 3 is 2.48 bits per heavy atom. The van der Waals surface area contributed by atoms with E-state index in [2.05, 4.69) is 36.9 Å². The van der Waals surface area contributed by atoms with Crippen molar-refractivity contribution in [1.29, 1.82) is 0 Å². The molecule has 3 aromatic carbocycles. The molecule has 1 atom stereocenters. The SMILES string of the molecule is Cc1cc2nc(-c3ccc4c(c3)c(C3CN(C(C)C)C3)nn4C)sc2c(-c2ccc(Cl)cc2)c1[C@H](OC1CC1)C(=O)O. The molecule has 1 saturated carbocycles. The van der Waals surface area contributed by atoms with E-state index in [0.29, 0.717) is 22.5 Å². The first-order valence-corrected chi connectivity index (χ1v) is 15.7. The molecule has 7 rings (SSSR count). The second kappa shape index (κ2) is 10.5. The molecule has 3 heterocycles. The van der Waals surface area contributed by atoms with Crippen LogP contribution in [0.25, 0.3) is 42.8 Å². The maximum Gasteiger partial charge on any atom is 0.337 e. The lowest BCUT2D eigenvalue weighted by Crippen LogP contribution is -2.48. The van der Waals surface area contributed by atoms with E-state index < -0.39 is 12.1 Å². The Morgan fingerprint density at radius 2 is 1.81 bits per heavy atom. The summed E-state index contributed by atoms with van der Waals surface area (Å²) in [6.07, 6.45) is 0.711. The number of ether oxygens (including phenoxy) is 1. The van der Waals surface area contributed by atoms with E-state index in [1.54, 1.807) is 11.3 Å². The number of carbonyl (C=O) groups is 1. The van der Waals surface area contributed by atoms with Gasteiger partial charge in [-0.3, -0.25) is 9.58 Å². The number of thiazole rings is 1. The molecule has 216 valence electrons. The van der Waals surface area contributed by atoms with Crippen molar-refractivity contribution in [2.75, 3.05) is 13.1 Å². The zero-order valence-electron chi connectivity index (χ0n) is 24.1. The third-order valence-electron chi connectivity index (χ3n) is 8.55. The van der Waals surface area contributed by atoms with E-state index >= 15 is 0 Å². The Kier molecular flexibility index (Phi) is 6.85. The van der Waals surface area contributed by atoms with Crippen molar-refractivity contribution in [2.24, 2.45) is 7.05 Å². The van der Waals surface area contributed by atoms with E-state index in [1.165, 1.54) is 5.39 Å². The van der Waals surface area contributed by atoms with Gasteiger partial charge in [0.1, 0.15) is 5.01 Å². The van der Waals surface area contributed by atoms with Gasteiger partial charge in [0.2, 0.25) is 0 Å². The molecule has 7 nitrogen and oxygen atoms in total. The fraction of sp³-hybridized carbons (Fsp3) is 0.364. The van der Waals surface area contributed by atoms with Gasteiger partial charge in [0.15, 0.2) is 6.10 Å². The Morgan fingerprint density at radius 1 is 1.10 bits per heavy atom. The van der Waals surface area contributed by atoms with Crippen LogP contribution in [0.5, 0.6) is 0 Å². The van der Waals surface area contributed by atoms with Crippen LogP contribution in [0.2, 0.25) is 5.02 Å². The van der Waals surface area contributed by atoms with E-state index in [-0.39, 0.29) is 6.10 Å². The summed E-state index contributed by atoms with van der Waals surface area (Å²) in [7, 11) is 2.01. The topological polar surface area (TPSA) is 80.5 Å². The predicted molar refractivity (Wildman–Crippen MR) is 168 cm³/mol. The van der Waals surface area contributed by atoms with Gasteiger partial charge in [0, 0.05) is 59.2 Å². The number of nitrogens with zero attached hydrogens (tertiary/aromatic N) is 4. The van der Waals surface area contributed by atoms with Crippen LogP contribution in [-0.2, 0) is 16.6 Å². The third-order valence-corrected chi connectivity index (χ3v) is 9.94. The molecule has 0 bridgehead atoms. The fourth-order valence-electron chi connectivity index (χ4n) is 6.06. The zero-order valence-corrected chi connectivity index (χ0v) is 25.7. The number of carboxylic acids is 1. The van der Waals surface area contributed by atoms with Crippen LogP contribution in [0.4, 0.5) is 0 Å². The van der Waals surface area contributed by atoms with Crippen molar-refractivity contribution in [3.8, 4) is 21.7 Å². The first-order valence-electron chi connectivity index (χ1n) is 14.5. The summed E-state index contributed by atoms with van der Waals surface area (Å²) >= 11 is 7.84. The van der Waals surface area contributed by atoms with E-state index in [1.807, 2.05) is 49.0 Å². The van der Waals surface area contributed by atoms with Crippen molar-refractivity contribution in [2.45, 2.75) is 57.8 Å². The van der Waals surface area contributed by atoms with Crippen LogP contribution in [0.15, 0.2) is 48.5 Å². The molecule has 9 heteroatoms. The molecule has 1 N–H and O–H groups in total. The molecule has 2 aliphatic rings. The molecule has 0 amide bonds. The average Bonchev–Trinajstić information content (AvgIpc) is 3.57. The number of fused-ring (bicyclic) bond motifs is 2. The number of hydrogen-bond donors (Lipinski definition) is 1. The monoisotopic (exact) mass is 600 g/mol. The van der Waals surface area contributed by atoms with E-state index in [0.717, 1.165) is 74.6 Å². The first-order chi connectivity index (χ1) is 20.2. The van der Waals surface area contributed by atoms with E-state index in [4.69, 9.17) is 26.4 Å². The number of likely N-dealkylation sites (tertiary alicyclic amines) is 1. The van der Waals surface area contributed by atoms with Crippen LogP contribution in [-0.4, -0.2) is 56.0 Å². The van der Waals surface area contributed by atoms with Gasteiger partial charge < -0.3 is 9.84 Å². The van der Waals surface area contributed by atoms with Crippen LogP contribution in [0, 0.1) is 6.92 Å². The Balaban J connectivity index is 1.37. The van der Waals surface area contributed by atoms with E-state index in [9.17, 15) is 9.90 Å². The molecule has 2 aromatic heterocycles. The highest BCUT2D eigenvalue weighted by Gasteiger charge is 2.35. The Labute approximate surface area is 253 Å². The van der Waals surface area contributed by atoms with Gasteiger partial charge in [-0.25, -0.2) is 9.78 Å². The quantitative estimate of drug-likeness (QED) is 0.198. The van der Waals surface area contributed by atoms with Gasteiger partial charge in [0.05, 0.1) is 27.5 Å². The smallest absolute Gasteiger partial charge is 0.337 e. The van der Waals surface area contributed by atoms with Gasteiger partial charge in [-0.2, -0.15) is 5.10 Å². The molecule has 0 unspecified atom stereocenters. The van der Waals surface area contributed by atoms with Crippen molar-refractivity contribution in [3.63, 3.8) is 0 Å². The highest BCUT2D eigenvalue weighted by Crippen LogP contribution is 2.45. The number of rotatable bonds is 8. The molecule has 1 saturated heterocycles. The summed E-state index contributed by atoms with van der Waals surface area (Å²) < 4.78 is 9.00. The number of aryl methyl sites for hydroxylation is 2. The van der Waals surface area contributed by atoms with Crippen molar-refractivity contribution < 1.29 is 14.6 Å². The summed E-state index contributed by atoms with van der Waals surface area (Å²) in [6.45, 7) is 8.47. The molecular formula is C33H33ClN4O3S. The summed E-state index contributed by atoms with van der Waals surface area (Å²) in [5.41, 5.74) is 7.41. The summed E-state index contributed by atoms with van der Waals surface area (Å²) in [6, 6.07) is 16.6. The molecule has 1 aliphatic heterocycles. The molecule has 5 aromatic rings. The minimum absolute atomic E-state index is 0.0139. The van der Waals surface area contributed by atoms with Crippen LogP contribution in [0.3, 0.4) is 0 Å². The van der Waals surface area contributed by atoms with Crippen molar-refractivity contribution in [1.82, 2.24) is 19.7 Å². The highest BCUT2D eigenvalue weighted by molar-refractivity contribution is 7.22. The molecule has 1 aliphatic carbocycles. The summed E-state index contributed by atoms with van der Waals surface area (Å²) in [4.78, 5) is 20.1. The largest absolute Gasteiger partial charge is 0.479 e. The summed E-state index contributed by atoms with van der Waals surface area (Å²) in [5, 5.41) is 17.9. The minimum atomic E-state index is -1.06. The summed E-state index contributed by atoms with van der Waals surface area (Å²) in [5.74, 6) is -0.561. The molecule has 42 heavy (non-hydrogen) atoms. The van der Waals surface area contributed by atoms with Crippen LogP contribution < -0.4 is 0 Å². The third kappa shape index (κ3) is 4.80. The van der Waals surface area contributed by atoms with Crippen molar-refractivity contribution >= 4 is 50.0 Å². The minimum Gasteiger partial charge on any atom is -0.479 e. The maximum absolute atomic E-state index is 12.5. The number of carboxylic acid groups (broad SMARTS) is 1. The number of benzene rings is 3. The normalized spacial score (nSPS) is 16.9. The molecular weight excluding hydrogens is 568 g/mol. The first kappa shape index (κ1) is 27.5. The second-order valence-electron chi connectivity index (χ2n) is 11.9. The lowest BCUT2D eigenvalue weighted by Gasteiger charge is -2.41. The molecule has 0 radical (unpaired) electrons. The number of hydrogen-bond acceptors (Lipinski definition) is 6. The van der Waals surface area contributed by atoms with Gasteiger partial charge in [-0.15, -0.1) is 11.3 Å². The highest BCUT2D eigenvalue weighted by atomic mass is 35.5. The predicted octanol–water partition coefficient (Wildman–Crippen LogP) is 7.59.